The van der Waals surface area contributed by atoms with Crippen LogP contribution in [0.3, 0.4) is 0 Å². The van der Waals surface area contributed by atoms with Crippen LogP contribution in [-0.2, 0) is 6.42 Å². The fourth-order valence-corrected chi connectivity index (χ4v) is 2.65. The maximum absolute atomic E-state index is 6.30. The summed E-state index contributed by atoms with van der Waals surface area (Å²) in [7, 11) is 0. The summed E-state index contributed by atoms with van der Waals surface area (Å²) in [5.41, 5.74) is 8.54. The third-order valence-corrected chi connectivity index (χ3v) is 3.94. The lowest BCUT2D eigenvalue weighted by molar-refractivity contribution is 0.468. The van der Waals surface area contributed by atoms with E-state index in [2.05, 4.69) is 19.1 Å². The van der Waals surface area contributed by atoms with Crippen LogP contribution in [0.4, 0.5) is 0 Å². The van der Waals surface area contributed by atoms with E-state index in [9.17, 15) is 0 Å². The van der Waals surface area contributed by atoms with E-state index in [-0.39, 0.29) is 6.04 Å². The van der Waals surface area contributed by atoms with E-state index >= 15 is 0 Å². The van der Waals surface area contributed by atoms with E-state index in [0.717, 1.165) is 17.5 Å². The first-order valence-electron chi connectivity index (χ1n) is 6.32. The molecule has 0 aliphatic carbocycles. The Morgan fingerprint density at radius 2 is 1.74 bits per heavy atom. The Balaban J connectivity index is 2.10. The zero-order chi connectivity index (χ0) is 13.8. The average Bonchev–Trinajstić information content (AvgIpc) is 2.42. The van der Waals surface area contributed by atoms with Gasteiger partial charge in [-0.1, -0.05) is 66.5 Å². The van der Waals surface area contributed by atoms with Crippen LogP contribution in [0.1, 0.15) is 24.1 Å². The molecule has 0 amide bonds. The van der Waals surface area contributed by atoms with Gasteiger partial charge >= 0.3 is 0 Å². The van der Waals surface area contributed by atoms with Crippen molar-refractivity contribution in [3.05, 3.63) is 69.7 Å². The van der Waals surface area contributed by atoms with Gasteiger partial charge in [0.1, 0.15) is 0 Å². The van der Waals surface area contributed by atoms with Crippen molar-refractivity contribution in [2.75, 3.05) is 0 Å². The first-order valence-corrected chi connectivity index (χ1v) is 7.08. The van der Waals surface area contributed by atoms with Crippen LogP contribution in [0.25, 0.3) is 0 Å². The predicted octanol–water partition coefficient (Wildman–Crippen LogP) is 4.87. The number of nitrogens with two attached hydrogens (primary N) is 1. The molecule has 2 N–H and O–H groups in total. The molecule has 2 aromatic carbocycles. The van der Waals surface area contributed by atoms with Gasteiger partial charge in [-0.15, -0.1) is 0 Å². The van der Waals surface area contributed by atoms with Crippen LogP contribution in [0, 0.1) is 5.92 Å². The Labute approximate surface area is 124 Å². The first-order chi connectivity index (χ1) is 9.08. The second-order valence-electron chi connectivity index (χ2n) is 4.85. The van der Waals surface area contributed by atoms with E-state index in [4.69, 9.17) is 28.9 Å². The largest absolute Gasteiger partial charge is 0.324 e. The molecule has 2 atom stereocenters. The Hall–Kier alpha value is -1.02. The highest BCUT2D eigenvalue weighted by molar-refractivity contribution is 6.35. The molecule has 0 saturated heterocycles. The molecule has 0 aliphatic heterocycles. The molecule has 2 unspecified atom stereocenters. The number of rotatable bonds is 4. The average molecular weight is 294 g/mol. The second kappa shape index (κ2) is 6.42. The Morgan fingerprint density at radius 1 is 1.05 bits per heavy atom. The minimum Gasteiger partial charge on any atom is -0.324 e. The SMILES string of the molecule is CC(Cc1ccc(Cl)cc1Cl)C(N)c1ccccc1. The van der Waals surface area contributed by atoms with E-state index in [1.165, 1.54) is 0 Å². The third kappa shape index (κ3) is 3.73. The van der Waals surface area contributed by atoms with Crippen molar-refractivity contribution >= 4 is 23.2 Å². The molecule has 0 fully saturated rings. The van der Waals surface area contributed by atoms with Gasteiger partial charge in [-0.05, 0) is 35.6 Å². The maximum Gasteiger partial charge on any atom is 0.0452 e. The van der Waals surface area contributed by atoms with Gasteiger partial charge in [-0.3, -0.25) is 0 Å². The van der Waals surface area contributed by atoms with Crippen LogP contribution in [-0.4, -0.2) is 0 Å². The van der Waals surface area contributed by atoms with E-state index in [0.29, 0.717) is 16.0 Å². The van der Waals surface area contributed by atoms with Crippen LogP contribution in [0.15, 0.2) is 48.5 Å². The molecule has 0 radical (unpaired) electrons. The molecule has 0 aromatic heterocycles. The quantitative estimate of drug-likeness (QED) is 0.855. The lowest BCUT2D eigenvalue weighted by Crippen LogP contribution is -2.20. The highest BCUT2D eigenvalue weighted by Crippen LogP contribution is 2.27. The monoisotopic (exact) mass is 293 g/mol. The van der Waals surface area contributed by atoms with Crippen molar-refractivity contribution in [1.29, 1.82) is 0 Å². The summed E-state index contributed by atoms with van der Waals surface area (Å²) >= 11 is 12.1. The summed E-state index contributed by atoms with van der Waals surface area (Å²) in [6, 6.07) is 15.8. The van der Waals surface area contributed by atoms with Crippen LogP contribution < -0.4 is 5.73 Å². The van der Waals surface area contributed by atoms with Gasteiger partial charge < -0.3 is 5.73 Å². The lowest BCUT2D eigenvalue weighted by Gasteiger charge is -2.21. The summed E-state index contributed by atoms with van der Waals surface area (Å²) < 4.78 is 0. The fourth-order valence-electron chi connectivity index (χ4n) is 2.16. The number of hydrogen-bond acceptors (Lipinski definition) is 1. The Kier molecular flexibility index (Phi) is 4.87. The van der Waals surface area contributed by atoms with Gasteiger partial charge in [0.05, 0.1) is 0 Å². The van der Waals surface area contributed by atoms with E-state index < -0.39 is 0 Å². The highest BCUT2D eigenvalue weighted by atomic mass is 35.5. The zero-order valence-electron chi connectivity index (χ0n) is 10.8. The van der Waals surface area contributed by atoms with E-state index in [1.807, 2.05) is 30.3 Å². The van der Waals surface area contributed by atoms with Crippen molar-refractivity contribution in [3.8, 4) is 0 Å². The minimum absolute atomic E-state index is 0.00736. The molecule has 0 bridgehead atoms. The van der Waals surface area contributed by atoms with Gasteiger partial charge in [0.15, 0.2) is 0 Å². The second-order valence-corrected chi connectivity index (χ2v) is 5.70. The minimum atomic E-state index is 0.00736. The first kappa shape index (κ1) is 14.4. The van der Waals surface area contributed by atoms with Crippen molar-refractivity contribution in [1.82, 2.24) is 0 Å². The molecule has 19 heavy (non-hydrogen) atoms. The summed E-state index contributed by atoms with van der Waals surface area (Å²) in [6.07, 6.45) is 0.839. The predicted molar refractivity (Wildman–Crippen MR) is 82.7 cm³/mol. The van der Waals surface area contributed by atoms with Crippen LogP contribution in [0.2, 0.25) is 10.0 Å². The molecule has 1 nitrogen and oxygen atoms in total. The molecule has 0 aliphatic rings. The molecular formula is C16H17Cl2N. The van der Waals surface area contributed by atoms with Crippen molar-refractivity contribution in [2.45, 2.75) is 19.4 Å². The van der Waals surface area contributed by atoms with Gasteiger partial charge in [-0.25, -0.2) is 0 Å². The van der Waals surface area contributed by atoms with E-state index in [1.54, 1.807) is 6.07 Å². The molecule has 100 valence electrons. The summed E-state index contributed by atoms with van der Waals surface area (Å²) in [4.78, 5) is 0. The summed E-state index contributed by atoms with van der Waals surface area (Å²) in [5, 5.41) is 1.37. The third-order valence-electron chi connectivity index (χ3n) is 3.35. The molecular weight excluding hydrogens is 277 g/mol. The Morgan fingerprint density at radius 3 is 2.37 bits per heavy atom. The van der Waals surface area contributed by atoms with Gasteiger partial charge in [0.2, 0.25) is 0 Å². The smallest absolute Gasteiger partial charge is 0.0452 e. The molecule has 2 rings (SSSR count). The standard InChI is InChI=1S/C16H17Cl2N/c1-11(16(19)12-5-3-2-4-6-12)9-13-7-8-14(17)10-15(13)18/h2-8,10-11,16H,9,19H2,1H3. The van der Waals surface area contributed by atoms with Gasteiger partial charge in [0, 0.05) is 16.1 Å². The normalized spacial score (nSPS) is 14.1. The number of halogens is 2. The zero-order valence-corrected chi connectivity index (χ0v) is 12.3. The van der Waals surface area contributed by atoms with Crippen LogP contribution in [0.5, 0.6) is 0 Å². The molecule has 3 heteroatoms. The molecule has 0 heterocycles. The topological polar surface area (TPSA) is 26.0 Å². The summed E-state index contributed by atoms with van der Waals surface area (Å²) in [6.45, 7) is 2.14. The molecule has 2 aromatic rings. The van der Waals surface area contributed by atoms with Crippen molar-refractivity contribution in [3.63, 3.8) is 0 Å². The summed E-state index contributed by atoms with van der Waals surface area (Å²) in [5.74, 6) is 0.307. The van der Waals surface area contributed by atoms with Crippen molar-refractivity contribution in [2.24, 2.45) is 11.7 Å². The Bertz CT molecular complexity index is 540. The van der Waals surface area contributed by atoms with Gasteiger partial charge in [0.25, 0.3) is 0 Å². The maximum atomic E-state index is 6.30. The highest BCUT2D eigenvalue weighted by Gasteiger charge is 2.16. The van der Waals surface area contributed by atoms with Gasteiger partial charge in [-0.2, -0.15) is 0 Å². The number of benzene rings is 2. The van der Waals surface area contributed by atoms with Crippen LogP contribution >= 0.6 is 23.2 Å². The number of hydrogen-bond donors (Lipinski definition) is 1. The molecule has 0 saturated carbocycles. The fraction of sp³-hybridized carbons (Fsp3) is 0.250. The lowest BCUT2D eigenvalue weighted by atomic mass is 9.90. The van der Waals surface area contributed by atoms with Crippen molar-refractivity contribution < 1.29 is 0 Å². The molecule has 0 spiro atoms.